The van der Waals surface area contributed by atoms with E-state index in [-0.39, 0.29) is 34.7 Å². The van der Waals surface area contributed by atoms with Crippen LogP contribution in [0.3, 0.4) is 0 Å². The second-order valence-electron chi connectivity index (χ2n) is 10.7. The number of carboxylic acid groups (broad SMARTS) is 1. The molecule has 14 heteroatoms. The second kappa shape index (κ2) is 11.9. The van der Waals surface area contributed by atoms with Gasteiger partial charge in [-0.05, 0) is 96.7 Å². The van der Waals surface area contributed by atoms with Crippen molar-refractivity contribution in [3.8, 4) is 0 Å². The largest absolute Gasteiger partial charge is 0.477 e. The number of carbonyl (C=O) groups excluding carboxylic acids is 3. The van der Waals surface area contributed by atoms with Crippen LogP contribution in [0.25, 0.3) is 5.65 Å². The van der Waals surface area contributed by atoms with Crippen LogP contribution < -0.4 is 10.6 Å². The van der Waals surface area contributed by atoms with Gasteiger partial charge in [0.05, 0.1) is 17.8 Å². The fourth-order valence-corrected chi connectivity index (χ4v) is 5.27. The molecule has 1 atom stereocenters. The molecule has 0 aliphatic heterocycles. The number of ether oxygens (including phenoxy) is 1. The van der Waals surface area contributed by atoms with Gasteiger partial charge in [0.15, 0.2) is 20.9 Å². The molecule has 4 aromatic rings. The molecular weight excluding hydrogens is 691 g/mol. The molecule has 1 aliphatic rings. The molecule has 1 aliphatic carbocycles. The summed E-state index contributed by atoms with van der Waals surface area (Å²) in [5, 5.41) is 19.1. The monoisotopic (exact) mass is 717 g/mol. The number of hydrogen-bond donors (Lipinski definition) is 3. The lowest BCUT2D eigenvalue weighted by molar-refractivity contribution is 0.0338. The number of esters is 1. The highest BCUT2D eigenvalue weighted by Gasteiger charge is 2.31. The third kappa shape index (κ3) is 6.25. The van der Waals surface area contributed by atoms with Crippen molar-refractivity contribution in [1.29, 1.82) is 0 Å². The minimum absolute atomic E-state index is 0.143. The first-order valence-corrected chi connectivity index (χ1v) is 14.5. The number of nitrogens with one attached hydrogen (secondary N) is 2. The Morgan fingerprint density at radius 2 is 1.84 bits per heavy atom. The van der Waals surface area contributed by atoms with Gasteiger partial charge in [0, 0.05) is 12.6 Å². The summed E-state index contributed by atoms with van der Waals surface area (Å²) in [7, 11) is 0. The van der Waals surface area contributed by atoms with E-state index in [4.69, 9.17) is 4.74 Å². The van der Waals surface area contributed by atoms with Crippen LogP contribution in [0.1, 0.15) is 90.3 Å². The molecule has 2 aromatic carbocycles. The Kier molecular flexibility index (Phi) is 8.38. The maximum Gasteiger partial charge on any atom is 0.341 e. The number of rotatable bonds is 8. The zero-order chi connectivity index (χ0) is 31.9. The molecule has 0 fully saturated rings. The topological polar surface area (TPSA) is 152 Å². The van der Waals surface area contributed by atoms with E-state index >= 15 is 0 Å². The number of aromatic carboxylic acids is 1. The van der Waals surface area contributed by atoms with Gasteiger partial charge in [0.1, 0.15) is 17.0 Å². The number of amides is 2. The Hall–Kier alpha value is -4.47. The van der Waals surface area contributed by atoms with Gasteiger partial charge in [-0.15, -0.1) is 0 Å². The number of nitrogens with zero attached hydrogens (tertiary/aromatic N) is 3. The molecule has 0 saturated heterocycles. The number of carboxylic acids is 1. The molecule has 2 heterocycles. The number of halogens is 3. The summed E-state index contributed by atoms with van der Waals surface area (Å²) in [6.45, 7) is 5.19. The fourth-order valence-electron chi connectivity index (χ4n) is 5.07. The summed E-state index contributed by atoms with van der Waals surface area (Å²) in [4.78, 5) is 55.3. The predicted molar refractivity (Wildman–Crippen MR) is 161 cm³/mol. The van der Waals surface area contributed by atoms with Gasteiger partial charge < -0.3 is 20.5 Å². The lowest BCUT2D eigenvalue weighted by Crippen LogP contribution is -2.31. The Balaban J connectivity index is 1.42. The first kappa shape index (κ1) is 31.0. The highest BCUT2D eigenvalue weighted by Crippen LogP contribution is 2.35. The minimum Gasteiger partial charge on any atom is -0.477 e. The second-order valence-corrected chi connectivity index (χ2v) is 13.3. The van der Waals surface area contributed by atoms with Crippen LogP contribution in [0.5, 0.6) is 0 Å². The average molecular weight is 717 g/mol. The van der Waals surface area contributed by atoms with Crippen molar-refractivity contribution in [2.75, 3.05) is 0 Å². The highest BCUT2D eigenvalue weighted by atomic mass is 127. The number of fused-ring (bicyclic) bond motifs is 2. The first-order chi connectivity index (χ1) is 20.7. The van der Waals surface area contributed by atoms with E-state index in [1.54, 1.807) is 26.0 Å². The first-order valence-electron chi connectivity index (χ1n) is 13.4. The van der Waals surface area contributed by atoms with Crippen LogP contribution in [0.4, 0.5) is 8.78 Å². The van der Waals surface area contributed by atoms with Gasteiger partial charge in [-0.1, -0.05) is 12.1 Å². The van der Waals surface area contributed by atoms with Crippen molar-refractivity contribution < 1.29 is 37.8 Å². The van der Waals surface area contributed by atoms with Crippen molar-refractivity contribution in [1.82, 2.24) is 25.2 Å². The maximum absolute atomic E-state index is 13.6. The van der Waals surface area contributed by atoms with Crippen LogP contribution >= 0.6 is 22.6 Å². The van der Waals surface area contributed by atoms with Crippen LogP contribution in [-0.2, 0) is 17.7 Å². The predicted octanol–water partition coefficient (Wildman–Crippen LogP) is 4.69. The molecule has 2 amide bonds. The number of benzene rings is 2. The molecule has 0 unspecified atom stereocenters. The number of alkyl halides is 1. The summed E-state index contributed by atoms with van der Waals surface area (Å²) in [6.07, 6.45) is 2.15. The molecule has 11 nitrogen and oxygen atoms in total. The third-order valence-electron chi connectivity index (χ3n) is 7.16. The summed E-state index contributed by atoms with van der Waals surface area (Å²) < 4.78 is 32.7. The van der Waals surface area contributed by atoms with Crippen LogP contribution in [0.2, 0.25) is 0 Å². The quantitative estimate of drug-likeness (QED) is 0.135. The Morgan fingerprint density at radius 1 is 1.09 bits per heavy atom. The molecule has 0 radical (unpaired) electrons. The summed E-state index contributed by atoms with van der Waals surface area (Å²) >= 11 is 2.03. The molecule has 2 aromatic heterocycles. The van der Waals surface area contributed by atoms with Crippen LogP contribution in [0, 0.1) is 18.6 Å². The summed E-state index contributed by atoms with van der Waals surface area (Å²) in [5.74, 6) is -5.34. The van der Waals surface area contributed by atoms with Crippen LogP contribution in [0.15, 0.2) is 42.6 Å². The van der Waals surface area contributed by atoms with Crippen molar-refractivity contribution in [2.24, 2.45) is 0 Å². The van der Waals surface area contributed by atoms with Gasteiger partial charge in [0.25, 0.3) is 11.8 Å². The standard InChI is InChI=1S/C30H26F2IN5O6/c1-14-16-7-9-22(18(16)6-5-17(14)29(43)44-30(2,3)33)37-27(40)24-11-23(36-25-19(28(41)42)13-35-38(24)25)26(39)34-12-15-4-8-20(31)21(32)10-15/h4-6,8,10-11,13,22H,7,9,12H2,1-3H3,(H,34,39)(H,37,40)(H,41,42)/t22-/m0/s1. The van der Waals surface area contributed by atoms with Gasteiger partial charge in [-0.3, -0.25) is 9.59 Å². The Morgan fingerprint density at radius 3 is 2.52 bits per heavy atom. The van der Waals surface area contributed by atoms with E-state index in [2.05, 4.69) is 20.7 Å². The van der Waals surface area contributed by atoms with E-state index in [0.29, 0.717) is 18.4 Å². The van der Waals surface area contributed by atoms with E-state index < -0.39 is 45.0 Å². The van der Waals surface area contributed by atoms with Gasteiger partial charge in [-0.25, -0.2) is 27.9 Å². The summed E-state index contributed by atoms with van der Waals surface area (Å²) in [5.41, 5.74) is 2.23. The molecule has 0 saturated carbocycles. The molecular formula is C30H26F2IN5O6. The maximum atomic E-state index is 13.6. The van der Waals surface area contributed by atoms with E-state index in [9.17, 15) is 33.1 Å². The number of hydrogen-bond acceptors (Lipinski definition) is 7. The molecule has 44 heavy (non-hydrogen) atoms. The smallest absolute Gasteiger partial charge is 0.341 e. The van der Waals surface area contributed by atoms with Gasteiger partial charge in [0.2, 0.25) is 0 Å². The van der Waals surface area contributed by atoms with Gasteiger partial charge >= 0.3 is 11.9 Å². The van der Waals surface area contributed by atoms with Crippen molar-refractivity contribution in [3.05, 3.63) is 99.0 Å². The average Bonchev–Trinajstić information content (AvgIpc) is 3.57. The zero-order valence-corrected chi connectivity index (χ0v) is 25.9. The SMILES string of the molecule is Cc1c(C(=O)OC(C)(C)I)ccc2c1CC[C@@H]2NC(=O)c1cc(C(=O)NCc2ccc(F)c(F)c2)nc2c(C(=O)O)cnn12. The van der Waals surface area contributed by atoms with Gasteiger partial charge in [-0.2, -0.15) is 5.10 Å². The minimum atomic E-state index is -1.36. The number of aromatic nitrogens is 3. The van der Waals surface area contributed by atoms with E-state index in [1.165, 1.54) is 12.1 Å². The van der Waals surface area contributed by atoms with Crippen molar-refractivity contribution in [2.45, 2.75) is 49.8 Å². The molecule has 228 valence electrons. The van der Waals surface area contributed by atoms with E-state index in [1.807, 2.05) is 29.5 Å². The lowest BCUT2D eigenvalue weighted by atomic mass is 9.98. The molecule has 0 spiro atoms. The Labute approximate surface area is 263 Å². The van der Waals surface area contributed by atoms with Crippen LogP contribution in [-0.4, -0.2) is 47.1 Å². The molecule has 0 bridgehead atoms. The van der Waals surface area contributed by atoms with E-state index in [0.717, 1.165) is 39.5 Å². The van der Waals surface area contributed by atoms with Crippen molar-refractivity contribution >= 4 is 52.0 Å². The Bertz CT molecular complexity index is 1850. The number of carbonyl (C=O) groups is 4. The third-order valence-corrected chi connectivity index (χ3v) is 7.38. The zero-order valence-electron chi connectivity index (χ0n) is 23.7. The lowest BCUT2D eigenvalue weighted by Gasteiger charge is -2.20. The van der Waals surface area contributed by atoms with Crippen molar-refractivity contribution in [3.63, 3.8) is 0 Å². The fraction of sp³-hybridized carbons (Fsp3) is 0.267. The highest BCUT2D eigenvalue weighted by molar-refractivity contribution is 14.1. The normalized spacial score (nSPS) is 14.3. The molecule has 3 N–H and O–H groups in total. The molecule has 5 rings (SSSR count). The summed E-state index contributed by atoms with van der Waals surface area (Å²) in [6, 6.07) is 7.32.